The number of nitrogens with two attached hydrogens (primary N) is 1. The van der Waals surface area contributed by atoms with Gasteiger partial charge in [-0.15, -0.1) is 0 Å². The van der Waals surface area contributed by atoms with Crippen molar-refractivity contribution in [2.45, 2.75) is 38.3 Å². The van der Waals surface area contributed by atoms with Crippen LogP contribution in [-0.2, 0) is 6.54 Å². The first-order valence-electron chi connectivity index (χ1n) is 6.99. The molecule has 4 heteroatoms. The molecule has 19 heavy (non-hydrogen) atoms. The Bertz CT molecular complexity index is 427. The monoisotopic (exact) mass is 261 g/mol. The van der Waals surface area contributed by atoms with E-state index in [-0.39, 0.29) is 12.4 Å². The van der Waals surface area contributed by atoms with Gasteiger partial charge in [0.15, 0.2) is 0 Å². The van der Waals surface area contributed by atoms with E-state index < -0.39 is 0 Å². The average molecular weight is 261 g/mol. The highest BCUT2D eigenvalue weighted by Crippen LogP contribution is 2.24. The molecule has 0 saturated heterocycles. The fourth-order valence-electron chi connectivity index (χ4n) is 2.86. The number of rotatable bonds is 6. The summed E-state index contributed by atoms with van der Waals surface area (Å²) in [7, 11) is 0. The van der Waals surface area contributed by atoms with Gasteiger partial charge in [0, 0.05) is 24.7 Å². The summed E-state index contributed by atoms with van der Waals surface area (Å²) >= 11 is 0. The highest BCUT2D eigenvalue weighted by atomic mass is 16.3. The molecule has 4 N–H and O–H groups in total. The molecule has 0 radical (unpaired) electrons. The van der Waals surface area contributed by atoms with Crippen molar-refractivity contribution in [2.24, 2.45) is 5.73 Å². The third kappa shape index (κ3) is 3.78. The molecule has 0 unspecified atom stereocenters. The van der Waals surface area contributed by atoms with Crippen molar-refractivity contribution in [1.29, 1.82) is 5.41 Å². The number of hydrogen-bond donors (Lipinski definition) is 3. The Hall–Kier alpha value is -1.39. The summed E-state index contributed by atoms with van der Waals surface area (Å²) in [5.41, 5.74) is 7.46. The fraction of sp³-hybridized carbons (Fsp3) is 0.533. The lowest BCUT2D eigenvalue weighted by Crippen LogP contribution is -2.35. The third-order valence-electron chi connectivity index (χ3n) is 3.85. The Morgan fingerprint density at radius 1 is 1.37 bits per heavy atom. The lowest BCUT2D eigenvalue weighted by molar-refractivity contribution is 0.145. The number of nitrogens with one attached hydrogen (secondary N) is 1. The molecule has 1 aliphatic rings. The van der Waals surface area contributed by atoms with Crippen LogP contribution >= 0.6 is 0 Å². The number of hydrogen-bond acceptors (Lipinski definition) is 3. The van der Waals surface area contributed by atoms with Gasteiger partial charge in [0.1, 0.15) is 5.84 Å². The maximum absolute atomic E-state index is 9.22. The first kappa shape index (κ1) is 14.0. The van der Waals surface area contributed by atoms with Crippen LogP contribution in [0.4, 0.5) is 0 Å². The molecule has 0 aliphatic heterocycles. The van der Waals surface area contributed by atoms with Crippen molar-refractivity contribution in [3.05, 3.63) is 35.4 Å². The summed E-state index contributed by atoms with van der Waals surface area (Å²) in [6.07, 6.45) is 5.04. The van der Waals surface area contributed by atoms with Crippen molar-refractivity contribution in [3.63, 3.8) is 0 Å². The molecular weight excluding hydrogens is 238 g/mol. The lowest BCUT2D eigenvalue weighted by Gasteiger charge is -2.28. The molecule has 0 atom stereocenters. The van der Waals surface area contributed by atoms with Gasteiger partial charge in [-0.25, -0.2) is 0 Å². The number of benzene rings is 1. The normalized spacial score (nSPS) is 16.1. The minimum absolute atomic E-state index is 0.108. The largest absolute Gasteiger partial charge is 0.395 e. The number of nitrogen functional groups attached to an aromatic ring is 1. The van der Waals surface area contributed by atoms with E-state index in [1.807, 2.05) is 18.2 Å². The van der Waals surface area contributed by atoms with Gasteiger partial charge in [0.25, 0.3) is 0 Å². The van der Waals surface area contributed by atoms with Crippen LogP contribution in [0.25, 0.3) is 0 Å². The second-order valence-corrected chi connectivity index (χ2v) is 5.25. The molecule has 0 spiro atoms. The molecule has 2 rings (SSSR count). The third-order valence-corrected chi connectivity index (χ3v) is 3.85. The fourth-order valence-corrected chi connectivity index (χ4v) is 2.86. The number of aliphatic hydroxyl groups excluding tert-OH is 1. The Kier molecular flexibility index (Phi) is 4.93. The molecule has 0 heterocycles. The zero-order valence-electron chi connectivity index (χ0n) is 11.3. The Balaban J connectivity index is 2.07. The quantitative estimate of drug-likeness (QED) is 0.539. The van der Waals surface area contributed by atoms with Gasteiger partial charge in [0.2, 0.25) is 0 Å². The maximum atomic E-state index is 9.22. The van der Waals surface area contributed by atoms with E-state index in [4.69, 9.17) is 11.1 Å². The number of aliphatic hydroxyl groups is 1. The summed E-state index contributed by atoms with van der Waals surface area (Å²) in [5, 5.41) is 16.7. The Labute approximate surface area is 114 Å². The van der Waals surface area contributed by atoms with Crippen LogP contribution in [0.3, 0.4) is 0 Å². The summed E-state index contributed by atoms with van der Waals surface area (Å²) < 4.78 is 0. The van der Waals surface area contributed by atoms with Crippen LogP contribution in [0.5, 0.6) is 0 Å². The SMILES string of the molecule is N=C(N)c1cccc(CN(CCO)C2CCCC2)c1. The zero-order valence-corrected chi connectivity index (χ0v) is 11.3. The molecule has 4 nitrogen and oxygen atoms in total. The van der Waals surface area contributed by atoms with Gasteiger partial charge in [-0.3, -0.25) is 10.3 Å². The lowest BCUT2D eigenvalue weighted by atomic mass is 10.1. The number of nitrogens with zero attached hydrogens (tertiary/aromatic N) is 1. The van der Waals surface area contributed by atoms with E-state index in [2.05, 4.69) is 11.0 Å². The molecule has 1 saturated carbocycles. The smallest absolute Gasteiger partial charge is 0.122 e. The van der Waals surface area contributed by atoms with Crippen molar-refractivity contribution in [3.8, 4) is 0 Å². The molecule has 1 aromatic carbocycles. The van der Waals surface area contributed by atoms with Crippen LogP contribution in [0.1, 0.15) is 36.8 Å². The second-order valence-electron chi connectivity index (χ2n) is 5.25. The van der Waals surface area contributed by atoms with Gasteiger partial charge in [-0.1, -0.05) is 31.0 Å². The summed E-state index contributed by atoms with van der Waals surface area (Å²) in [6, 6.07) is 8.43. The molecule has 0 bridgehead atoms. The Morgan fingerprint density at radius 2 is 2.11 bits per heavy atom. The molecule has 1 aromatic rings. The molecule has 0 aromatic heterocycles. The van der Waals surface area contributed by atoms with E-state index in [1.165, 1.54) is 25.7 Å². The standard InChI is InChI=1S/C15H23N3O/c16-15(17)13-5-3-4-12(10-13)11-18(8-9-19)14-6-1-2-7-14/h3-5,10,14,19H,1-2,6-9,11H2,(H3,16,17). The van der Waals surface area contributed by atoms with Crippen LogP contribution < -0.4 is 5.73 Å². The first-order valence-corrected chi connectivity index (χ1v) is 6.99. The summed E-state index contributed by atoms with van der Waals surface area (Å²) in [5.74, 6) is 0.108. The van der Waals surface area contributed by atoms with Crippen LogP contribution in [-0.4, -0.2) is 35.0 Å². The highest BCUT2D eigenvalue weighted by molar-refractivity contribution is 5.95. The van der Waals surface area contributed by atoms with Crippen molar-refractivity contribution < 1.29 is 5.11 Å². The maximum Gasteiger partial charge on any atom is 0.122 e. The van der Waals surface area contributed by atoms with Crippen molar-refractivity contribution >= 4 is 5.84 Å². The predicted molar refractivity (Wildman–Crippen MR) is 77.2 cm³/mol. The first-order chi connectivity index (χ1) is 9.20. The predicted octanol–water partition coefficient (Wildman–Crippen LogP) is 1.71. The van der Waals surface area contributed by atoms with Crippen molar-refractivity contribution in [1.82, 2.24) is 4.90 Å². The molecule has 0 amide bonds. The van der Waals surface area contributed by atoms with E-state index in [1.54, 1.807) is 0 Å². The van der Waals surface area contributed by atoms with E-state index in [0.717, 1.165) is 24.2 Å². The van der Waals surface area contributed by atoms with Crippen LogP contribution in [0, 0.1) is 5.41 Å². The summed E-state index contributed by atoms with van der Waals surface area (Å²) in [6.45, 7) is 1.74. The highest BCUT2D eigenvalue weighted by Gasteiger charge is 2.22. The molecule has 1 aliphatic carbocycles. The molecule has 1 fully saturated rings. The van der Waals surface area contributed by atoms with E-state index >= 15 is 0 Å². The molecule has 104 valence electrons. The van der Waals surface area contributed by atoms with Gasteiger partial charge in [-0.2, -0.15) is 0 Å². The van der Waals surface area contributed by atoms with Gasteiger partial charge in [0.05, 0.1) is 6.61 Å². The average Bonchev–Trinajstić information content (AvgIpc) is 2.92. The topological polar surface area (TPSA) is 73.3 Å². The second kappa shape index (κ2) is 6.68. The van der Waals surface area contributed by atoms with Crippen LogP contribution in [0.15, 0.2) is 24.3 Å². The van der Waals surface area contributed by atoms with E-state index in [0.29, 0.717) is 6.04 Å². The van der Waals surface area contributed by atoms with Gasteiger partial charge >= 0.3 is 0 Å². The minimum atomic E-state index is 0.108. The minimum Gasteiger partial charge on any atom is -0.395 e. The van der Waals surface area contributed by atoms with Crippen LogP contribution in [0.2, 0.25) is 0 Å². The summed E-state index contributed by atoms with van der Waals surface area (Å²) in [4.78, 5) is 2.35. The van der Waals surface area contributed by atoms with Gasteiger partial charge < -0.3 is 10.8 Å². The van der Waals surface area contributed by atoms with Gasteiger partial charge in [-0.05, 0) is 24.5 Å². The van der Waals surface area contributed by atoms with Crippen molar-refractivity contribution in [2.75, 3.05) is 13.2 Å². The van der Waals surface area contributed by atoms with E-state index in [9.17, 15) is 5.11 Å². The zero-order chi connectivity index (χ0) is 13.7. The molecular formula is C15H23N3O. The number of amidine groups is 1. The Morgan fingerprint density at radius 3 is 2.74 bits per heavy atom.